The average molecular weight is 350 g/mol. The highest BCUT2D eigenvalue weighted by Gasteiger charge is 2.43. The van der Waals surface area contributed by atoms with Gasteiger partial charge in [0.15, 0.2) is 0 Å². The monoisotopic (exact) mass is 349 g/mol. The molecule has 1 fully saturated rings. The van der Waals surface area contributed by atoms with E-state index in [1.807, 2.05) is 30.3 Å². The van der Waals surface area contributed by atoms with Gasteiger partial charge in [-0.15, -0.1) is 0 Å². The Morgan fingerprint density at radius 1 is 1.20 bits per heavy atom. The summed E-state index contributed by atoms with van der Waals surface area (Å²) in [5.41, 5.74) is 5.36. The highest BCUT2D eigenvalue weighted by Crippen LogP contribution is 2.50. The number of nitrogens with one attached hydrogen (secondary N) is 1. The first-order valence-electron chi connectivity index (χ1n) is 8.82. The second kappa shape index (κ2) is 4.64. The first-order valence-corrected chi connectivity index (χ1v) is 9.19. The second-order valence-corrected chi connectivity index (χ2v) is 7.77. The summed E-state index contributed by atoms with van der Waals surface area (Å²) in [6.07, 6.45) is 3.31. The van der Waals surface area contributed by atoms with E-state index in [-0.39, 0.29) is 18.0 Å². The van der Waals surface area contributed by atoms with Gasteiger partial charge in [-0.25, -0.2) is 4.98 Å². The molecule has 0 spiro atoms. The maximum absolute atomic E-state index is 12.8. The number of halogens is 1. The van der Waals surface area contributed by atoms with E-state index < -0.39 is 0 Å². The first kappa shape index (κ1) is 13.9. The zero-order valence-electron chi connectivity index (χ0n) is 13.5. The molecule has 2 atom stereocenters. The first-order chi connectivity index (χ1) is 12.2. The predicted octanol–water partition coefficient (Wildman–Crippen LogP) is 4.34. The van der Waals surface area contributed by atoms with Crippen molar-refractivity contribution in [3.05, 3.63) is 63.9 Å². The van der Waals surface area contributed by atoms with E-state index >= 15 is 0 Å². The van der Waals surface area contributed by atoms with Gasteiger partial charge in [0.2, 0.25) is 0 Å². The fourth-order valence-electron chi connectivity index (χ4n) is 4.60. The van der Waals surface area contributed by atoms with Crippen molar-refractivity contribution in [2.45, 2.75) is 37.3 Å². The Balaban J connectivity index is 1.68. The van der Waals surface area contributed by atoms with Crippen molar-refractivity contribution in [2.75, 3.05) is 0 Å². The SMILES string of the molecule is O=C1N[C@H]2C[C@H](c3c1cccc3C1CC1)n1c2nc2ccc(Cl)cc21. The molecule has 1 aliphatic carbocycles. The van der Waals surface area contributed by atoms with Gasteiger partial charge in [-0.2, -0.15) is 0 Å². The Hall–Kier alpha value is -2.33. The van der Waals surface area contributed by atoms with Gasteiger partial charge in [-0.3, -0.25) is 4.79 Å². The van der Waals surface area contributed by atoms with Crippen molar-refractivity contribution in [3.63, 3.8) is 0 Å². The van der Waals surface area contributed by atoms with E-state index in [2.05, 4.69) is 16.0 Å². The minimum absolute atomic E-state index is 0.0290. The van der Waals surface area contributed by atoms with Crippen LogP contribution in [0.15, 0.2) is 36.4 Å². The molecule has 3 aliphatic rings. The number of carbonyl (C=O) groups excluding carboxylic acids is 1. The van der Waals surface area contributed by atoms with Crippen LogP contribution in [0.4, 0.5) is 0 Å². The largest absolute Gasteiger partial charge is 0.342 e. The summed E-state index contributed by atoms with van der Waals surface area (Å²) in [6.45, 7) is 0. The number of benzene rings is 2. The summed E-state index contributed by atoms with van der Waals surface area (Å²) in [5.74, 6) is 1.58. The van der Waals surface area contributed by atoms with Crippen LogP contribution in [0.3, 0.4) is 0 Å². The molecule has 4 nitrogen and oxygen atoms in total. The molecule has 1 N–H and O–H groups in total. The smallest absolute Gasteiger partial charge is 0.252 e. The zero-order valence-corrected chi connectivity index (χ0v) is 14.3. The number of imidazole rings is 1. The number of carbonyl (C=O) groups is 1. The molecule has 3 heterocycles. The van der Waals surface area contributed by atoms with E-state index in [1.165, 1.54) is 24.0 Å². The molecule has 0 saturated heterocycles. The summed E-state index contributed by atoms with van der Waals surface area (Å²) in [4.78, 5) is 17.6. The van der Waals surface area contributed by atoms with E-state index in [4.69, 9.17) is 16.6 Å². The third-order valence-electron chi connectivity index (χ3n) is 5.80. The van der Waals surface area contributed by atoms with Crippen molar-refractivity contribution in [1.82, 2.24) is 14.9 Å². The van der Waals surface area contributed by atoms with Crippen LogP contribution in [-0.4, -0.2) is 15.5 Å². The lowest BCUT2D eigenvalue weighted by Crippen LogP contribution is -2.28. The number of fused-ring (bicyclic) bond motifs is 9. The fraction of sp³-hybridized carbons (Fsp3) is 0.300. The number of hydrogen-bond donors (Lipinski definition) is 1. The van der Waals surface area contributed by atoms with Crippen LogP contribution in [0.1, 0.15) is 64.6 Å². The lowest BCUT2D eigenvalue weighted by atomic mass is 9.91. The van der Waals surface area contributed by atoms with Crippen molar-refractivity contribution in [1.29, 1.82) is 0 Å². The molecule has 0 radical (unpaired) electrons. The molecule has 5 heteroatoms. The van der Waals surface area contributed by atoms with Gasteiger partial charge in [0.25, 0.3) is 5.91 Å². The van der Waals surface area contributed by atoms with E-state index in [1.54, 1.807) is 0 Å². The zero-order chi connectivity index (χ0) is 16.7. The Morgan fingerprint density at radius 3 is 2.92 bits per heavy atom. The number of nitrogens with zero attached hydrogens (tertiary/aromatic N) is 2. The van der Waals surface area contributed by atoms with Gasteiger partial charge >= 0.3 is 0 Å². The Labute approximate surface area is 149 Å². The molecule has 1 saturated carbocycles. The second-order valence-electron chi connectivity index (χ2n) is 7.33. The maximum atomic E-state index is 12.8. The van der Waals surface area contributed by atoms with Crippen molar-refractivity contribution in [2.24, 2.45) is 0 Å². The molecular weight excluding hydrogens is 334 g/mol. The molecule has 2 aliphatic heterocycles. The molecule has 25 heavy (non-hydrogen) atoms. The molecule has 2 bridgehead atoms. The van der Waals surface area contributed by atoms with Gasteiger partial charge in [0.1, 0.15) is 5.82 Å². The number of hydrogen-bond acceptors (Lipinski definition) is 2. The van der Waals surface area contributed by atoms with Crippen LogP contribution in [0.2, 0.25) is 5.02 Å². The predicted molar refractivity (Wildman–Crippen MR) is 96.1 cm³/mol. The molecule has 3 aromatic rings. The summed E-state index contributed by atoms with van der Waals surface area (Å²) < 4.78 is 2.30. The van der Waals surface area contributed by atoms with Gasteiger partial charge < -0.3 is 9.88 Å². The highest BCUT2D eigenvalue weighted by atomic mass is 35.5. The van der Waals surface area contributed by atoms with Gasteiger partial charge in [-0.1, -0.05) is 23.7 Å². The third kappa shape index (κ3) is 1.83. The van der Waals surface area contributed by atoms with E-state index in [0.717, 1.165) is 28.8 Å². The molecule has 6 rings (SSSR count). The van der Waals surface area contributed by atoms with Crippen molar-refractivity contribution < 1.29 is 4.79 Å². The maximum Gasteiger partial charge on any atom is 0.252 e. The minimum Gasteiger partial charge on any atom is -0.342 e. The molecular formula is C20H16ClN3O. The summed E-state index contributed by atoms with van der Waals surface area (Å²) in [6, 6.07) is 12.1. The normalized spacial score (nSPS) is 24.0. The van der Waals surface area contributed by atoms with Crippen LogP contribution < -0.4 is 5.32 Å². The van der Waals surface area contributed by atoms with Gasteiger partial charge in [-0.05, 0) is 60.6 Å². The average Bonchev–Trinajstić information content (AvgIpc) is 3.33. The standard InChI is InChI=1S/C20H16ClN3O/c21-11-6-7-14-16(8-11)24-17-9-15(19(24)22-14)23-20(25)13-3-1-2-12(18(13)17)10-4-5-10/h1-3,6-8,10,15,17H,4-5,9H2,(H,23,25)/t15-,17+/m0/s1. The Kier molecular flexibility index (Phi) is 2.58. The summed E-state index contributed by atoms with van der Waals surface area (Å²) in [7, 11) is 0. The van der Waals surface area contributed by atoms with Crippen LogP contribution in [-0.2, 0) is 0 Å². The third-order valence-corrected chi connectivity index (χ3v) is 6.04. The molecule has 2 aromatic carbocycles. The van der Waals surface area contributed by atoms with Crippen LogP contribution in [0, 0.1) is 0 Å². The molecule has 124 valence electrons. The molecule has 0 unspecified atom stereocenters. The van der Waals surface area contributed by atoms with E-state index in [0.29, 0.717) is 10.9 Å². The number of amides is 1. The summed E-state index contributed by atoms with van der Waals surface area (Å²) in [5, 5.41) is 3.91. The summed E-state index contributed by atoms with van der Waals surface area (Å²) >= 11 is 6.26. The van der Waals surface area contributed by atoms with Crippen LogP contribution >= 0.6 is 11.6 Å². The topological polar surface area (TPSA) is 46.9 Å². The van der Waals surface area contributed by atoms with Crippen molar-refractivity contribution >= 4 is 28.5 Å². The van der Waals surface area contributed by atoms with Crippen molar-refractivity contribution in [3.8, 4) is 0 Å². The molecule has 1 aromatic heterocycles. The quantitative estimate of drug-likeness (QED) is 0.710. The lowest BCUT2D eigenvalue weighted by molar-refractivity contribution is 0.0938. The Bertz CT molecular complexity index is 1070. The van der Waals surface area contributed by atoms with Crippen LogP contribution in [0.25, 0.3) is 11.0 Å². The highest BCUT2D eigenvalue weighted by molar-refractivity contribution is 6.31. The number of aromatic nitrogens is 2. The molecule has 1 amide bonds. The minimum atomic E-state index is -0.0388. The number of rotatable bonds is 1. The van der Waals surface area contributed by atoms with Crippen LogP contribution in [0.5, 0.6) is 0 Å². The van der Waals surface area contributed by atoms with E-state index in [9.17, 15) is 4.79 Å². The Morgan fingerprint density at radius 2 is 2.08 bits per heavy atom. The lowest BCUT2D eigenvalue weighted by Gasteiger charge is -2.21. The van der Waals surface area contributed by atoms with Gasteiger partial charge in [0, 0.05) is 10.6 Å². The fourth-order valence-corrected chi connectivity index (χ4v) is 4.77. The van der Waals surface area contributed by atoms with Gasteiger partial charge in [0.05, 0.1) is 23.1 Å².